The Labute approximate surface area is 98.1 Å². The molecular formula is C13H24FNO. The lowest BCUT2D eigenvalue weighted by Gasteiger charge is -2.45. The zero-order valence-corrected chi connectivity index (χ0v) is 10.4. The molecule has 1 atom stereocenters. The summed E-state index contributed by atoms with van der Waals surface area (Å²) in [6.07, 6.45) is 5.06. The van der Waals surface area contributed by atoms with E-state index in [1.165, 1.54) is 32.2 Å². The third-order valence-electron chi connectivity index (χ3n) is 4.14. The van der Waals surface area contributed by atoms with Crippen LogP contribution in [0.1, 0.15) is 39.0 Å². The van der Waals surface area contributed by atoms with E-state index in [1.54, 1.807) is 6.92 Å². The number of rotatable bonds is 3. The van der Waals surface area contributed by atoms with Crippen LogP contribution in [0.3, 0.4) is 0 Å². The molecule has 1 spiro atoms. The molecular weight excluding hydrogens is 205 g/mol. The fourth-order valence-corrected chi connectivity index (χ4v) is 3.07. The van der Waals surface area contributed by atoms with Crippen molar-refractivity contribution in [3.63, 3.8) is 0 Å². The lowest BCUT2D eigenvalue weighted by atomic mass is 9.74. The largest absolute Gasteiger partial charge is 0.381 e. The van der Waals surface area contributed by atoms with Crippen LogP contribution in [0.25, 0.3) is 0 Å². The van der Waals surface area contributed by atoms with Crippen LogP contribution < -0.4 is 0 Å². The molecule has 2 aliphatic heterocycles. The van der Waals surface area contributed by atoms with Gasteiger partial charge in [-0.05, 0) is 51.0 Å². The molecule has 0 radical (unpaired) electrons. The van der Waals surface area contributed by atoms with E-state index in [-0.39, 0.29) is 0 Å². The summed E-state index contributed by atoms with van der Waals surface area (Å²) in [5, 5.41) is 0. The Balaban J connectivity index is 1.83. The molecule has 0 bridgehead atoms. The topological polar surface area (TPSA) is 12.5 Å². The first-order valence-electron chi connectivity index (χ1n) is 6.64. The number of ether oxygens (including phenoxy) is 1. The van der Waals surface area contributed by atoms with Gasteiger partial charge in [0.1, 0.15) is 0 Å². The average molecular weight is 229 g/mol. The van der Waals surface area contributed by atoms with Crippen molar-refractivity contribution in [2.24, 2.45) is 5.41 Å². The maximum Gasteiger partial charge on any atom is 0.0985 e. The highest BCUT2D eigenvalue weighted by atomic mass is 19.1. The van der Waals surface area contributed by atoms with Crippen molar-refractivity contribution in [2.75, 3.05) is 32.8 Å². The molecule has 2 aliphatic rings. The fraction of sp³-hybridized carbons (Fsp3) is 1.00. The van der Waals surface area contributed by atoms with Gasteiger partial charge in [0.05, 0.1) is 6.17 Å². The van der Waals surface area contributed by atoms with Crippen molar-refractivity contribution < 1.29 is 9.13 Å². The first-order valence-corrected chi connectivity index (χ1v) is 6.64. The summed E-state index contributed by atoms with van der Waals surface area (Å²) in [6, 6.07) is 0. The van der Waals surface area contributed by atoms with Gasteiger partial charge >= 0.3 is 0 Å². The summed E-state index contributed by atoms with van der Waals surface area (Å²) in [4.78, 5) is 2.46. The van der Waals surface area contributed by atoms with Crippen molar-refractivity contribution in [3.05, 3.63) is 0 Å². The molecule has 2 nitrogen and oxygen atoms in total. The summed E-state index contributed by atoms with van der Waals surface area (Å²) in [7, 11) is 0. The predicted molar refractivity (Wildman–Crippen MR) is 63.3 cm³/mol. The zero-order chi connectivity index (χ0) is 11.4. The predicted octanol–water partition coefficient (Wildman–Crippen LogP) is 2.63. The van der Waals surface area contributed by atoms with Gasteiger partial charge in [0, 0.05) is 26.3 Å². The highest BCUT2D eigenvalue weighted by Crippen LogP contribution is 2.39. The normalized spacial score (nSPS) is 28.1. The second-order valence-electron chi connectivity index (χ2n) is 5.56. The van der Waals surface area contributed by atoms with E-state index < -0.39 is 6.17 Å². The highest BCUT2D eigenvalue weighted by Gasteiger charge is 2.36. The molecule has 0 aromatic carbocycles. The van der Waals surface area contributed by atoms with Crippen LogP contribution in [0.15, 0.2) is 0 Å². The number of halogens is 1. The number of hydrogen-bond acceptors (Lipinski definition) is 2. The zero-order valence-electron chi connectivity index (χ0n) is 10.4. The van der Waals surface area contributed by atoms with Gasteiger partial charge in [-0.25, -0.2) is 4.39 Å². The Hall–Kier alpha value is -0.150. The maximum atomic E-state index is 12.8. The minimum atomic E-state index is -0.660. The first kappa shape index (κ1) is 12.3. The molecule has 0 amide bonds. The van der Waals surface area contributed by atoms with Crippen molar-refractivity contribution in [1.29, 1.82) is 0 Å². The van der Waals surface area contributed by atoms with E-state index in [0.717, 1.165) is 26.3 Å². The first-order chi connectivity index (χ1) is 7.70. The van der Waals surface area contributed by atoms with E-state index in [9.17, 15) is 4.39 Å². The SMILES string of the molecule is C[C@@H](F)CCN1CCCC2(CCOCC2)C1. The van der Waals surface area contributed by atoms with Gasteiger partial charge < -0.3 is 9.64 Å². The van der Waals surface area contributed by atoms with E-state index >= 15 is 0 Å². The van der Waals surface area contributed by atoms with Crippen LogP contribution in [0.2, 0.25) is 0 Å². The molecule has 0 N–H and O–H groups in total. The van der Waals surface area contributed by atoms with Crippen LogP contribution >= 0.6 is 0 Å². The van der Waals surface area contributed by atoms with E-state index in [0.29, 0.717) is 11.8 Å². The van der Waals surface area contributed by atoms with Gasteiger partial charge in [-0.15, -0.1) is 0 Å². The number of alkyl halides is 1. The Morgan fingerprint density at radius 2 is 2.06 bits per heavy atom. The minimum absolute atomic E-state index is 0.496. The van der Waals surface area contributed by atoms with Gasteiger partial charge in [0.2, 0.25) is 0 Å². The van der Waals surface area contributed by atoms with Crippen molar-refractivity contribution in [2.45, 2.75) is 45.2 Å². The summed E-state index contributed by atoms with van der Waals surface area (Å²) in [5.41, 5.74) is 0.496. The Kier molecular flexibility index (Phi) is 4.20. The second kappa shape index (κ2) is 5.46. The molecule has 2 fully saturated rings. The molecule has 0 unspecified atom stereocenters. The molecule has 2 rings (SSSR count). The van der Waals surface area contributed by atoms with Gasteiger partial charge in [-0.1, -0.05) is 0 Å². The van der Waals surface area contributed by atoms with Gasteiger partial charge in [-0.3, -0.25) is 0 Å². The fourth-order valence-electron chi connectivity index (χ4n) is 3.07. The number of nitrogens with zero attached hydrogens (tertiary/aromatic N) is 1. The number of hydrogen-bond donors (Lipinski definition) is 0. The van der Waals surface area contributed by atoms with E-state index in [2.05, 4.69) is 4.90 Å². The summed E-state index contributed by atoms with van der Waals surface area (Å²) < 4.78 is 18.3. The maximum absolute atomic E-state index is 12.8. The number of likely N-dealkylation sites (tertiary alicyclic amines) is 1. The third-order valence-corrected chi connectivity index (χ3v) is 4.14. The van der Waals surface area contributed by atoms with Crippen molar-refractivity contribution >= 4 is 0 Å². The quantitative estimate of drug-likeness (QED) is 0.737. The van der Waals surface area contributed by atoms with Crippen molar-refractivity contribution in [1.82, 2.24) is 4.90 Å². The Morgan fingerprint density at radius 3 is 2.75 bits per heavy atom. The van der Waals surface area contributed by atoms with Gasteiger partial charge in [0.25, 0.3) is 0 Å². The van der Waals surface area contributed by atoms with Crippen LogP contribution in [-0.4, -0.2) is 43.9 Å². The van der Waals surface area contributed by atoms with E-state index in [4.69, 9.17) is 4.74 Å². The molecule has 0 saturated carbocycles. The van der Waals surface area contributed by atoms with Crippen LogP contribution in [-0.2, 0) is 4.74 Å². The van der Waals surface area contributed by atoms with Crippen molar-refractivity contribution in [3.8, 4) is 0 Å². The molecule has 0 aromatic rings. The lowest BCUT2D eigenvalue weighted by molar-refractivity contribution is -0.0283. The van der Waals surface area contributed by atoms with Gasteiger partial charge in [-0.2, -0.15) is 0 Å². The number of piperidine rings is 1. The molecule has 2 saturated heterocycles. The summed E-state index contributed by atoms with van der Waals surface area (Å²) in [6.45, 7) is 6.77. The molecule has 16 heavy (non-hydrogen) atoms. The third kappa shape index (κ3) is 3.17. The molecule has 3 heteroatoms. The van der Waals surface area contributed by atoms with E-state index in [1.807, 2.05) is 0 Å². The van der Waals surface area contributed by atoms with Gasteiger partial charge in [0.15, 0.2) is 0 Å². The molecule has 0 aliphatic carbocycles. The summed E-state index contributed by atoms with van der Waals surface area (Å²) in [5.74, 6) is 0. The molecule has 2 heterocycles. The molecule has 0 aromatic heterocycles. The summed E-state index contributed by atoms with van der Waals surface area (Å²) >= 11 is 0. The lowest BCUT2D eigenvalue weighted by Crippen LogP contribution is -2.46. The monoisotopic (exact) mass is 229 g/mol. The second-order valence-corrected chi connectivity index (χ2v) is 5.56. The minimum Gasteiger partial charge on any atom is -0.381 e. The highest BCUT2D eigenvalue weighted by molar-refractivity contribution is 4.88. The van der Waals surface area contributed by atoms with Crippen LogP contribution in [0, 0.1) is 5.41 Å². The standard InChI is InChI=1S/C13H24FNO/c1-12(14)3-8-15-7-2-4-13(11-15)5-9-16-10-6-13/h12H,2-11H2,1H3/t12-/m1/s1. The Bertz CT molecular complexity index is 208. The Morgan fingerprint density at radius 1 is 1.31 bits per heavy atom. The smallest absolute Gasteiger partial charge is 0.0985 e. The molecule has 94 valence electrons. The average Bonchev–Trinajstić information content (AvgIpc) is 2.28. The van der Waals surface area contributed by atoms with Crippen LogP contribution in [0.5, 0.6) is 0 Å². The van der Waals surface area contributed by atoms with Crippen LogP contribution in [0.4, 0.5) is 4.39 Å².